The van der Waals surface area contributed by atoms with Gasteiger partial charge in [0.15, 0.2) is 0 Å². The van der Waals surface area contributed by atoms with Crippen LogP contribution in [0.2, 0.25) is 0 Å². The number of nitrogens with one attached hydrogen (secondary N) is 1. The average molecular weight is 413 g/mol. The second-order valence-electron chi connectivity index (χ2n) is 10.9. The maximum atomic E-state index is 13.2. The van der Waals surface area contributed by atoms with Gasteiger partial charge in [0.05, 0.1) is 6.10 Å². The van der Waals surface area contributed by atoms with Gasteiger partial charge in [-0.05, 0) is 80.0 Å². The quantitative estimate of drug-likeness (QED) is 0.767. The van der Waals surface area contributed by atoms with Crippen LogP contribution >= 0.6 is 0 Å². The zero-order valence-electron chi connectivity index (χ0n) is 18.9. The summed E-state index contributed by atoms with van der Waals surface area (Å²) in [5, 5.41) is 3.03. The number of benzene rings is 1. The normalized spacial score (nSPS) is 32.7. The molecule has 30 heavy (non-hydrogen) atoms. The lowest BCUT2D eigenvalue weighted by Crippen LogP contribution is -2.37. The SMILES string of the molecule is COC1CCC(C(=O)Nc2ccc(C(=O)N3CC4(C)CC3CC(C)(C)C4)cc2)CC1. The second kappa shape index (κ2) is 7.99. The monoisotopic (exact) mass is 412 g/mol. The van der Waals surface area contributed by atoms with Crippen molar-refractivity contribution in [2.45, 2.75) is 77.9 Å². The first-order valence-electron chi connectivity index (χ1n) is 11.4. The minimum atomic E-state index is 0.0470. The Morgan fingerprint density at radius 2 is 1.70 bits per heavy atom. The number of ether oxygens (including phenoxy) is 1. The lowest BCUT2D eigenvalue weighted by molar-refractivity contribution is -0.121. The number of anilines is 1. The van der Waals surface area contributed by atoms with Gasteiger partial charge in [-0.15, -0.1) is 0 Å². The second-order valence-corrected chi connectivity index (χ2v) is 10.9. The van der Waals surface area contributed by atoms with Crippen molar-refractivity contribution in [2.24, 2.45) is 16.7 Å². The third kappa shape index (κ3) is 4.41. The molecule has 2 bridgehead atoms. The molecule has 3 fully saturated rings. The van der Waals surface area contributed by atoms with E-state index in [0.29, 0.717) is 17.0 Å². The molecule has 1 aromatic carbocycles. The number of methoxy groups -OCH3 is 1. The van der Waals surface area contributed by atoms with Crippen LogP contribution in [-0.4, -0.2) is 42.5 Å². The lowest BCUT2D eigenvalue weighted by Gasteiger charge is -2.39. The third-order valence-electron chi connectivity index (χ3n) is 7.45. The summed E-state index contributed by atoms with van der Waals surface area (Å²) in [5.74, 6) is 0.245. The molecule has 1 aliphatic heterocycles. The molecule has 3 aliphatic rings. The Labute approximate surface area is 180 Å². The smallest absolute Gasteiger partial charge is 0.254 e. The van der Waals surface area contributed by atoms with Crippen molar-refractivity contribution in [3.05, 3.63) is 29.8 Å². The number of fused-ring (bicyclic) bond motifs is 2. The molecule has 2 aliphatic carbocycles. The van der Waals surface area contributed by atoms with E-state index in [1.165, 1.54) is 6.42 Å². The van der Waals surface area contributed by atoms with Gasteiger partial charge in [-0.25, -0.2) is 0 Å². The van der Waals surface area contributed by atoms with Crippen LogP contribution in [0.4, 0.5) is 5.69 Å². The van der Waals surface area contributed by atoms with Crippen molar-refractivity contribution in [2.75, 3.05) is 19.0 Å². The fourth-order valence-electron chi connectivity index (χ4n) is 6.36. The molecule has 4 rings (SSSR count). The maximum Gasteiger partial charge on any atom is 0.254 e. The number of carbonyl (C=O) groups is 2. The third-order valence-corrected chi connectivity index (χ3v) is 7.45. The van der Waals surface area contributed by atoms with E-state index in [1.807, 2.05) is 24.3 Å². The van der Waals surface area contributed by atoms with Crippen molar-refractivity contribution >= 4 is 17.5 Å². The number of likely N-dealkylation sites (tertiary alicyclic amines) is 1. The zero-order chi connectivity index (χ0) is 21.5. The van der Waals surface area contributed by atoms with E-state index in [2.05, 4.69) is 31.0 Å². The summed E-state index contributed by atoms with van der Waals surface area (Å²) in [6.07, 6.45) is 7.27. The summed E-state index contributed by atoms with van der Waals surface area (Å²) in [7, 11) is 1.74. The largest absolute Gasteiger partial charge is 0.381 e. The van der Waals surface area contributed by atoms with E-state index in [1.54, 1.807) is 7.11 Å². The first-order chi connectivity index (χ1) is 14.2. The Morgan fingerprint density at radius 1 is 1.03 bits per heavy atom. The van der Waals surface area contributed by atoms with Gasteiger partial charge < -0.3 is 15.0 Å². The number of nitrogens with zero attached hydrogens (tertiary/aromatic N) is 1. The minimum Gasteiger partial charge on any atom is -0.381 e. The Kier molecular flexibility index (Phi) is 5.69. The fraction of sp³-hybridized carbons (Fsp3) is 0.680. The summed E-state index contributed by atoms with van der Waals surface area (Å²) >= 11 is 0. The Hall–Kier alpha value is -1.88. The van der Waals surface area contributed by atoms with E-state index >= 15 is 0 Å². The number of hydrogen-bond donors (Lipinski definition) is 1. The highest BCUT2D eigenvalue weighted by molar-refractivity contribution is 5.96. The molecular weight excluding hydrogens is 376 g/mol. The van der Waals surface area contributed by atoms with Crippen molar-refractivity contribution in [1.29, 1.82) is 0 Å². The zero-order valence-corrected chi connectivity index (χ0v) is 18.9. The van der Waals surface area contributed by atoms with Crippen LogP contribution in [0.3, 0.4) is 0 Å². The molecule has 5 heteroatoms. The van der Waals surface area contributed by atoms with Gasteiger partial charge in [-0.1, -0.05) is 20.8 Å². The lowest BCUT2D eigenvalue weighted by atomic mass is 9.65. The van der Waals surface area contributed by atoms with E-state index in [4.69, 9.17) is 4.74 Å². The van der Waals surface area contributed by atoms with E-state index in [-0.39, 0.29) is 29.3 Å². The summed E-state index contributed by atoms with van der Waals surface area (Å²) in [6.45, 7) is 7.82. The van der Waals surface area contributed by atoms with Crippen molar-refractivity contribution < 1.29 is 14.3 Å². The van der Waals surface area contributed by atoms with Crippen molar-refractivity contribution in [1.82, 2.24) is 4.90 Å². The number of rotatable bonds is 4. The van der Waals surface area contributed by atoms with Crippen LogP contribution < -0.4 is 5.32 Å². The molecule has 2 amide bonds. The van der Waals surface area contributed by atoms with Gasteiger partial charge in [0.25, 0.3) is 5.91 Å². The van der Waals surface area contributed by atoms with Gasteiger partial charge >= 0.3 is 0 Å². The van der Waals surface area contributed by atoms with E-state index in [0.717, 1.165) is 50.8 Å². The first-order valence-corrected chi connectivity index (χ1v) is 11.4. The molecule has 1 heterocycles. The van der Waals surface area contributed by atoms with Crippen LogP contribution in [-0.2, 0) is 9.53 Å². The van der Waals surface area contributed by atoms with Crippen LogP contribution in [0.25, 0.3) is 0 Å². The Morgan fingerprint density at radius 3 is 2.33 bits per heavy atom. The molecule has 0 aromatic heterocycles. The Balaban J connectivity index is 1.37. The summed E-state index contributed by atoms with van der Waals surface area (Å²) in [4.78, 5) is 27.9. The van der Waals surface area contributed by atoms with Crippen LogP contribution in [0, 0.1) is 16.7 Å². The number of hydrogen-bond acceptors (Lipinski definition) is 3. The maximum absolute atomic E-state index is 13.2. The van der Waals surface area contributed by atoms with Gasteiger partial charge in [0.2, 0.25) is 5.91 Å². The average Bonchev–Trinajstić information content (AvgIpc) is 2.96. The number of carbonyl (C=O) groups excluding carboxylic acids is 2. The molecule has 2 saturated carbocycles. The molecule has 0 spiro atoms. The van der Waals surface area contributed by atoms with Gasteiger partial charge in [0, 0.05) is 36.9 Å². The molecule has 1 saturated heterocycles. The highest BCUT2D eigenvalue weighted by Gasteiger charge is 2.51. The van der Waals surface area contributed by atoms with Crippen LogP contribution in [0.1, 0.15) is 76.1 Å². The predicted molar refractivity (Wildman–Crippen MR) is 118 cm³/mol. The molecule has 1 N–H and O–H groups in total. The number of amides is 2. The Bertz CT molecular complexity index is 795. The molecule has 5 nitrogen and oxygen atoms in total. The molecule has 164 valence electrons. The standard InChI is InChI=1S/C25H36N2O3/c1-24(2)13-20-14-25(3,15-24)16-27(20)23(29)18-5-9-19(10-6-18)26-22(28)17-7-11-21(30-4)12-8-17/h5-6,9-10,17,20-21H,7-8,11-16H2,1-4H3,(H,26,28). The molecule has 1 aromatic rings. The minimum absolute atomic E-state index is 0.0470. The summed E-state index contributed by atoms with van der Waals surface area (Å²) in [6, 6.07) is 7.78. The molecule has 2 atom stereocenters. The summed E-state index contributed by atoms with van der Waals surface area (Å²) < 4.78 is 5.39. The van der Waals surface area contributed by atoms with Crippen molar-refractivity contribution in [3.63, 3.8) is 0 Å². The molecule has 2 unspecified atom stereocenters. The highest BCUT2D eigenvalue weighted by atomic mass is 16.5. The van der Waals surface area contributed by atoms with E-state index in [9.17, 15) is 9.59 Å². The van der Waals surface area contributed by atoms with Gasteiger partial charge in [-0.3, -0.25) is 9.59 Å². The fourth-order valence-corrected chi connectivity index (χ4v) is 6.36. The van der Waals surface area contributed by atoms with Crippen LogP contribution in [0.15, 0.2) is 24.3 Å². The predicted octanol–water partition coefficient (Wildman–Crippen LogP) is 4.87. The van der Waals surface area contributed by atoms with Gasteiger partial charge in [-0.2, -0.15) is 0 Å². The highest BCUT2D eigenvalue weighted by Crippen LogP contribution is 2.52. The van der Waals surface area contributed by atoms with E-state index < -0.39 is 0 Å². The van der Waals surface area contributed by atoms with Crippen molar-refractivity contribution in [3.8, 4) is 0 Å². The van der Waals surface area contributed by atoms with Gasteiger partial charge in [0.1, 0.15) is 0 Å². The first kappa shape index (κ1) is 21.4. The van der Waals surface area contributed by atoms with Crippen LogP contribution in [0.5, 0.6) is 0 Å². The summed E-state index contributed by atoms with van der Waals surface area (Å²) in [5.41, 5.74) is 2.00. The topological polar surface area (TPSA) is 58.6 Å². The molecular formula is C25H36N2O3. The molecule has 0 radical (unpaired) electrons.